The highest BCUT2D eigenvalue weighted by Crippen LogP contribution is 2.18. The second-order valence-electron chi connectivity index (χ2n) is 6.18. The van der Waals surface area contributed by atoms with Gasteiger partial charge in [-0.05, 0) is 24.4 Å². The molecule has 2 N–H and O–H groups in total. The van der Waals surface area contributed by atoms with Crippen molar-refractivity contribution in [3.63, 3.8) is 0 Å². The van der Waals surface area contributed by atoms with Crippen LogP contribution in [0.15, 0.2) is 39.0 Å². The summed E-state index contributed by atoms with van der Waals surface area (Å²) in [5, 5.41) is 15.7. The van der Waals surface area contributed by atoms with Crippen molar-refractivity contribution in [3.05, 3.63) is 40.5 Å². The second kappa shape index (κ2) is 9.59. The highest BCUT2D eigenvalue weighted by Gasteiger charge is 2.21. The number of nitrogens with one attached hydrogen (secondary N) is 1. The first-order valence-electron chi connectivity index (χ1n) is 8.47. The van der Waals surface area contributed by atoms with Crippen LogP contribution >= 0.6 is 22.9 Å². The van der Waals surface area contributed by atoms with Crippen LogP contribution in [0.1, 0.15) is 12.6 Å². The van der Waals surface area contributed by atoms with Crippen LogP contribution in [-0.2, 0) is 23.4 Å². The lowest BCUT2D eigenvalue weighted by Crippen LogP contribution is -2.39. The Balaban J connectivity index is 2.02. The lowest BCUT2D eigenvalue weighted by Gasteiger charge is -2.22. The van der Waals surface area contributed by atoms with Crippen LogP contribution in [0.25, 0.3) is 0 Å². The van der Waals surface area contributed by atoms with Gasteiger partial charge in [-0.1, -0.05) is 17.7 Å². The molecule has 0 aliphatic heterocycles. The van der Waals surface area contributed by atoms with Crippen molar-refractivity contribution >= 4 is 38.7 Å². The maximum atomic E-state index is 12.2. The van der Waals surface area contributed by atoms with E-state index in [9.17, 15) is 13.5 Å². The summed E-state index contributed by atoms with van der Waals surface area (Å²) in [6.07, 6.45) is 0.747. The third-order valence-corrected chi connectivity index (χ3v) is 7.33. The van der Waals surface area contributed by atoms with Crippen molar-refractivity contribution in [3.8, 4) is 0 Å². The first-order valence-corrected chi connectivity index (χ1v) is 11.4. The van der Waals surface area contributed by atoms with E-state index in [1.54, 1.807) is 17.5 Å². The molecule has 150 valence electrons. The lowest BCUT2D eigenvalue weighted by atomic mass is 10.4. The van der Waals surface area contributed by atoms with E-state index in [2.05, 4.69) is 10.3 Å². The minimum atomic E-state index is -3.50. The molecular weight excluding hydrogens is 408 g/mol. The van der Waals surface area contributed by atoms with E-state index in [1.807, 2.05) is 42.7 Å². The van der Waals surface area contributed by atoms with Gasteiger partial charge in [0.1, 0.15) is 4.21 Å². The van der Waals surface area contributed by atoms with Gasteiger partial charge in [0.2, 0.25) is 0 Å². The molecule has 2 aromatic rings. The van der Waals surface area contributed by atoms with Gasteiger partial charge in [0.15, 0.2) is 15.8 Å². The number of hydrogen-bond acceptors (Lipinski definition) is 5. The number of sulfone groups is 1. The predicted molar refractivity (Wildman–Crippen MR) is 110 cm³/mol. The van der Waals surface area contributed by atoms with E-state index in [1.165, 1.54) is 0 Å². The zero-order chi connectivity index (χ0) is 20.0. The molecule has 0 radical (unpaired) electrons. The van der Waals surface area contributed by atoms with Crippen LogP contribution in [0.5, 0.6) is 0 Å². The molecule has 0 amide bonds. The third kappa shape index (κ3) is 6.24. The molecule has 2 rings (SSSR count). The number of rotatable bonds is 8. The standard InChI is InChI=1S/C17H25ClN4O3S2/c1-4-19-17(22(3)11-14-8-13(18)10-21(14)2)20-9-15(23)12-27(24,25)16-6-5-7-26-16/h5-8,10,15,23H,4,9,11-12H2,1-3H3,(H,19,20). The maximum Gasteiger partial charge on any atom is 0.194 e. The third-order valence-electron chi connectivity index (χ3n) is 3.84. The molecule has 27 heavy (non-hydrogen) atoms. The molecule has 0 bridgehead atoms. The molecule has 1 unspecified atom stereocenters. The SMILES string of the molecule is CCNC(=NCC(O)CS(=O)(=O)c1cccs1)N(C)Cc1cc(Cl)cn1C. The molecule has 7 nitrogen and oxygen atoms in total. The van der Waals surface area contributed by atoms with Crippen LogP contribution in [0, 0.1) is 0 Å². The number of hydrogen-bond donors (Lipinski definition) is 2. The molecule has 0 saturated carbocycles. The minimum absolute atomic E-state index is 0.00876. The summed E-state index contributed by atoms with van der Waals surface area (Å²) in [4.78, 5) is 6.29. The van der Waals surface area contributed by atoms with Gasteiger partial charge in [-0.25, -0.2) is 8.42 Å². The number of thiophene rings is 1. The van der Waals surface area contributed by atoms with Crippen LogP contribution in [0.2, 0.25) is 5.02 Å². The zero-order valence-corrected chi connectivity index (χ0v) is 18.0. The Morgan fingerprint density at radius 2 is 2.26 bits per heavy atom. The molecule has 0 aliphatic carbocycles. The van der Waals surface area contributed by atoms with Gasteiger partial charge < -0.3 is 19.9 Å². The molecular formula is C17H25ClN4O3S2. The molecule has 0 aliphatic rings. The predicted octanol–water partition coefficient (Wildman–Crippen LogP) is 1.97. The van der Waals surface area contributed by atoms with Crippen LogP contribution in [0.3, 0.4) is 0 Å². The van der Waals surface area contributed by atoms with Crippen molar-refractivity contribution < 1.29 is 13.5 Å². The number of guanidine groups is 1. The number of aryl methyl sites for hydroxylation is 1. The molecule has 0 aromatic carbocycles. The summed E-state index contributed by atoms with van der Waals surface area (Å²) in [6, 6.07) is 5.10. The highest BCUT2D eigenvalue weighted by molar-refractivity contribution is 7.93. The highest BCUT2D eigenvalue weighted by atomic mass is 35.5. The number of aliphatic imine (C=N–C) groups is 1. The average Bonchev–Trinajstić information content (AvgIpc) is 3.21. The number of aliphatic hydroxyl groups is 1. The van der Waals surface area contributed by atoms with Gasteiger partial charge in [-0.3, -0.25) is 4.99 Å². The first kappa shape index (κ1) is 21.7. The second-order valence-corrected chi connectivity index (χ2v) is 9.82. The molecule has 2 heterocycles. The Morgan fingerprint density at radius 1 is 1.52 bits per heavy atom. The van der Waals surface area contributed by atoms with Crippen LogP contribution < -0.4 is 5.32 Å². The number of aromatic nitrogens is 1. The minimum Gasteiger partial charge on any atom is -0.390 e. The fraction of sp³-hybridized carbons (Fsp3) is 0.471. The Morgan fingerprint density at radius 3 is 2.81 bits per heavy atom. The average molecular weight is 433 g/mol. The summed E-state index contributed by atoms with van der Waals surface area (Å²) in [7, 11) is 0.286. The number of nitrogens with zero attached hydrogens (tertiary/aromatic N) is 3. The van der Waals surface area contributed by atoms with E-state index in [4.69, 9.17) is 11.6 Å². The summed E-state index contributed by atoms with van der Waals surface area (Å²) in [6.45, 7) is 3.16. The monoisotopic (exact) mass is 432 g/mol. The molecule has 0 fully saturated rings. The fourth-order valence-corrected chi connectivity index (χ4v) is 5.27. The summed E-state index contributed by atoms with van der Waals surface area (Å²) < 4.78 is 26.7. The van der Waals surface area contributed by atoms with E-state index in [-0.39, 0.29) is 16.5 Å². The number of halogens is 1. The van der Waals surface area contributed by atoms with Gasteiger partial charge >= 0.3 is 0 Å². The molecule has 0 saturated heterocycles. The Hall–Kier alpha value is -1.55. The fourth-order valence-electron chi connectivity index (χ4n) is 2.53. The first-order chi connectivity index (χ1) is 12.7. The van der Waals surface area contributed by atoms with Crippen molar-refractivity contribution in [2.75, 3.05) is 25.9 Å². The Kier molecular flexibility index (Phi) is 7.72. The lowest BCUT2D eigenvalue weighted by molar-refractivity contribution is 0.205. The Bertz CT molecular complexity index is 863. The molecule has 0 spiro atoms. The van der Waals surface area contributed by atoms with Crippen molar-refractivity contribution in [1.29, 1.82) is 0 Å². The van der Waals surface area contributed by atoms with Crippen molar-refractivity contribution in [2.24, 2.45) is 12.0 Å². The van der Waals surface area contributed by atoms with Crippen LogP contribution in [0.4, 0.5) is 0 Å². The maximum absolute atomic E-state index is 12.2. The van der Waals surface area contributed by atoms with Crippen LogP contribution in [-0.4, -0.2) is 60.9 Å². The number of aliphatic hydroxyl groups excluding tert-OH is 1. The zero-order valence-electron chi connectivity index (χ0n) is 15.6. The molecule has 1 atom stereocenters. The smallest absolute Gasteiger partial charge is 0.194 e. The quantitative estimate of drug-likeness (QED) is 0.492. The summed E-state index contributed by atoms with van der Waals surface area (Å²) >= 11 is 7.17. The van der Waals surface area contributed by atoms with Crippen molar-refractivity contribution in [1.82, 2.24) is 14.8 Å². The van der Waals surface area contributed by atoms with Gasteiger partial charge in [-0.2, -0.15) is 0 Å². The largest absolute Gasteiger partial charge is 0.390 e. The van der Waals surface area contributed by atoms with E-state index >= 15 is 0 Å². The topological polar surface area (TPSA) is 86.9 Å². The van der Waals surface area contributed by atoms with Gasteiger partial charge in [-0.15, -0.1) is 11.3 Å². The normalized spacial score (nSPS) is 13.6. The molecule has 2 aromatic heterocycles. The van der Waals surface area contributed by atoms with E-state index < -0.39 is 15.9 Å². The van der Waals surface area contributed by atoms with Gasteiger partial charge in [0, 0.05) is 32.5 Å². The summed E-state index contributed by atoms with van der Waals surface area (Å²) in [5.41, 5.74) is 1.01. The van der Waals surface area contributed by atoms with E-state index in [0.29, 0.717) is 24.1 Å². The van der Waals surface area contributed by atoms with Gasteiger partial charge in [0.25, 0.3) is 0 Å². The summed E-state index contributed by atoms with van der Waals surface area (Å²) in [5.74, 6) is 0.232. The van der Waals surface area contributed by atoms with E-state index in [0.717, 1.165) is 17.0 Å². The Labute approximate surface area is 169 Å². The van der Waals surface area contributed by atoms with Crippen molar-refractivity contribution in [2.45, 2.75) is 23.8 Å². The molecule has 10 heteroatoms. The van der Waals surface area contributed by atoms with Gasteiger partial charge in [0.05, 0.1) is 30.0 Å².